The van der Waals surface area contributed by atoms with E-state index in [-0.39, 0.29) is 9.90 Å². The standard InChI is InChI=1S/C6H5.H3P.Ru/c1-2-4-6-5-3-1;;/h1-5H;1H3;. The zero-order valence-electron chi connectivity index (χ0n) is 4.45. The normalized spacial score (nSPS) is 7.62. The Bertz CT molecular complexity index is 138. The average molecular weight is 212 g/mol. The van der Waals surface area contributed by atoms with E-state index in [0.717, 1.165) is 0 Å². The topological polar surface area (TPSA) is 0 Å². The molecule has 0 aliphatic heterocycles. The quantitative estimate of drug-likeness (QED) is 0.443. The molecule has 1 atom stereocenters. The van der Waals surface area contributed by atoms with Crippen molar-refractivity contribution in [2.75, 3.05) is 0 Å². The van der Waals surface area contributed by atoms with E-state index in [2.05, 4.69) is 30.4 Å². The second kappa shape index (κ2) is 4.18. The van der Waals surface area contributed by atoms with Gasteiger partial charge in [-0.15, -0.1) is 0 Å². The number of hydrogen-bond donors (Lipinski definition) is 0. The van der Waals surface area contributed by atoms with Gasteiger partial charge in [-0.3, -0.25) is 0 Å². The summed E-state index contributed by atoms with van der Waals surface area (Å²) in [6, 6.07) is 10.2. The van der Waals surface area contributed by atoms with Crippen molar-refractivity contribution in [3.8, 4) is 0 Å². The maximum atomic E-state index is 2.54. The van der Waals surface area contributed by atoms with E-state index in [4.69, 9.17) is 0 Å². The molecular weight excluding hydrogens is 204 g/mol. The summed E-state index contributed by atoms with van der Waals surface area (Å²) in [5.74, 6) is 0. The van der Waals surface area contributed by atoms with E-state index in [1.807, 2.05) is 18.2 Å². The minimum absolute atomic E-state index is 0. The van der Waals surface area contributed by atoms with Gasteiger partial charge < -0.3 is 0 Å². The van der Waals surface area contributed by atoms with Gasteiger partial charge >= 0.3 is 52.8 Å². The van der Waals surface area contributed by atoms with E-state index < -0.39 is 0 Å². The number of rotatable bonds is 0. The molecule has 1 rings (SSSR count). The summed E-state index contributed by atoms with van der Waals surface area (Å²) in [6.45, 7) is 0. The van der Waals surface area contributed by atoms with Crippen LogP contribution in [0.1, 0.15) is 0 Å². The fraction of sp³-hybridized carbons (Fsp3) is 0. The zero-order valence-corrected chi connectivity index (χ0v) is 7.60. The van der Waals surface area contributed by atoms with Gasteiger partial charge in [-0.25, -0.2) is 0 Å². The van der Waals surface area contributed by atoms with E-state index in [9.17, 15) is 0 Å². The summed E-state index contributed by atoms with van der Waals surface area (Å²) in [6.07, 6.45) is 0. The van der Waals surface area contributed by atoms with E-state index >= 15 is 0 Å². The molecule has 0 aliphatic carbocycles. The summed E-state index contributed by atoms with van der Waals surface area (Å²) < 4.78 is 1.25. The van der Waals surface area contributed by atoms with Crippen molar-refractivity contribution in [2.45, 2.75) is 0 Å². The summed E-state index contributed by atoms with van der Waals surface area (Å²) in [5, 5.41) is 0. The molecule has 2 heteroatoms. The Balaban J connectivity index is 0.000000490. The van der Waals surface area contributed by atoms with E-state index in [0.29, 0.717) is 0 Å². The molecular formula is C6H8PRu. The first kappa shape index (κ1) is 8.27. The van der Waals surface area contributed by atoms with Gasteiger partial charge in [-0.1, -0.05) is 0 Å². The predicted octanol–water partition coefficient (Wildman–Crippen LogP) is 0.917. The molecule has 1 unspecified atom stereocenters. The van der Waals surface area contributed by atoms with Gasteiger partial charge in [0.1, 0.15) is 0 Å². The molecule has 0 N–H and O–H groups in total. The minimum atomic E-state index is 0. The summed E-state index contributed by atoms with van der Waals surface area (Å²) in [5.41, 5.74) is 0. The van der Waals surface area contributed by atoms with Gasteiger partial charge in [-0.05, 0) is 0 Å². The molecule has 0 radical (unpaired) electrons. The Morgan fingerprint density at radius 2 is 1.50 bits per heavy atom. The van der Waals surface area contributed by atoms with Crippen LogP contribution in [0.15, 0.2) is 30.3 Å². The third-order valence-corrected chi connectivity index (χ3v) is 1.30. The first-order valence-corrected chi connectivity index (χ1v) is 2.96. The molecule has 1 aromatic rings. The van der Waals surface area contributed by atoms with Crippen LogP contribution in [0.3, 0.4) is 0 Å². The fourth-order valence-electron chi connectivity index (χ4n) is 0.410. The van der Waals surface area contributed by atoms with E-state index in [1.54, 1.807) is 0 Å². The van der Waals surface area contributed by atoms with Gasteiger partial charge in [0.05, 0.1) is 0 Å². The first-order chi connectivity index (χ1) is 3.39. The second-order valence-corrected chi connectivity index (χ2v) is 2.28. The van der Waals surface area contributed by atoms with Crippen molar-refractivity contribution in [1.29, 1.82) is 0 Å². The van der Waals surface area contributed by atoms with Crippen molar-refractivity contribution in [1.82, 2.24) is 0 Å². The van der Waals surface area contributed by atoms with Gasteiger partial charge in [0.2, 0.25) is 0 Å². The predicted molar refractivity (Wildman–Crippen MR) is 37.2 cm³/mol. The molecule has 0 aliphatic rings. The molecule has 0 heterocycles. The van der Waals surface area contributed by atoms with E-state index in [1.165, 1.54) is 4.16 Å². The van der Waals surface area contributed by atoms with Gasteiger partial charge in [-0.2, -0.15) is 9.90 Å². The van der Waals surface area contributed by atoms with Crippen molar-refractivity contribution < 1.29 is 18.3 Å². The summed E-state index contributed by atoms with van der Waals surface area (Å²) in [7, 11) is 0. The Morgan fingerprint density at radius 1 is 1.00 bits per heavy atom. The van der Waals surface area contributed by atoms with Gasteiger partial charge in [0, 0.05) is 0 Å². The van der Waals surface area contributed by atoms with Gasteiger partial charge in [0.25, 0.3) is 0 Å². The second-order valence-electron chi connectivity index (χ2n) is 1.28. The van der Waals surface area contributed by atoms with Crippen molar-refractivity contribution in [3.05, 3.63) is 30.3 Å². The molecule has 0 saturated carbocycles. The maximum absolute atomic E-state index is 2.54. The van der Waals surface area contributed by atoms with Crippen LogP contribution in [0.2, 0.25) is 0 Å². The molecule has 45 valence electrons. The van der Waals surface area contributed by atoms with Crippen LogP contribution in [-0.4, -0.2) is 0 Å². The monoisotopic (exact) mass is 213 g/mol. The van der Waals surface area contributed by atoms with Crippen LogP contribution >= 0.6 is 9.90 Å². The molecule has 0 saturated heterocycles. The third kappa shape index (κ3) is 2.55. The number of benzene rings is 1. The molecule has 8 heavy (non-hydrogen) atoms. The Hall–Kier alpha value is 0.273. The van der Waals surface area contributed by atoms with Gasteiger partial charge in [0.15, 0.2) is 0 Å². The average Bonchev–Trinajstić information content (AvgIpc) is 1.69. The molecule has 0 fully saturated rings. The summed E-state index contributed by atoms with van der Waals surface area (Å²) in [4.78, 5) is 0. The first-order valence-electron chi connectivity index (χ1n) is 2.09. The van der Waals surface area contributed by atoms with Crippen LogP contribution in [0, 0.1) is 0 Å². The zero-order chi connectivity index (χ0) is 5.11. The van der Waals surface area contributed by atoms with Crippen LogP contribution in [0.25, 0.3) is 0 Å². The third-order valence-electron chi connectivity index (χ3n) is 0.725. The van der Waals surface area contributed by atoms with Crippen LogP contribution in [-0.2, 0) is 18.3 Å². The van der Waals surface area contributed by atoms with Crippen molar-refractivity contribution in [3.63, 3.8) is 0 Å². The van der Waals surface area contributed by atoms with Crippen molar-refractivity contribution >= 4 is 14.1 Å². The molecule has 0 spiro atoms. The molecule has 0 nitrogen and oxygen atoms in total. The van der Waals surface area contributed by atoms with Crippen LogP contribution in [0.4, 0.5) is 0 Å². The SMILES string of the molecule is P.[Ru][c]1ccccc1. The molecule has 0 bridgehead atoms. The number of hydrogen-bond acceptors (Lipinski definition) is 0. The van der Waals surface area contributed by atoms with Crippen LogP contribution in [0.5, 0.6) is 0 Å². The fourth-order valence-corrected chi connectivity index (χ4v) is 0.744. The van der Waals surface area contributed by atoms with Crippen molar-refractivity contribution in [2.24, 2.45) is 0 Å². The van der Waals surface area contributed by atoms with Crippen LogP contribution < -0.4 is 4.16 Å². The Labute approximate surface area is 63.0 Å². The molecule has 1 aromatic carbocycles. The molecule has 0 amide bonds. The Kier molecular flexibility index (Phi) is 4.32. The Morgan fingerprint density at radius 3 is 1.75 bits per heavy atom. The summed E-state index contributed by atoms with van der Waals surface area (Å²) >= 11 is 2.54. The molecule has 0 aromatic heterocycles.